The zero-order valence-electron chi connectivity index (χ0n) is 8.56. The van der Waals surface area contributed by atoms with Gasteiger partial charge in [0.05, 0.1) is 16.8 Å². The molecule has 0 spiro atoms. The maximum absolute atomic E-state index is 13.3. The van der Waals surface area contributed by atoms with Crippen LogP contribution in [-0.4, -0.2) is 11.9 Å². The van der Waals surface area contributed by atoms with E-state index in [0.717, 1.165) is 6.07 Å². The topological polar surface area (TPSA) is 55.1 Å². The van der Waals surface area contributed by atoms with Crippen LogP contribution in [0, 0.1) is 11.6 Å². The van der Waals surface area contributed by atoms with Crippen LogP contribution in [0.4, 0.5) is 14.5 Å². The molecular weight excluding hydrogens is 238 g/mol. The van der Waals surface area contributed by atoms with Gasteiger partial charge in [-0.3, -0.25) is 4.79 Å². The Morgan fingerprint density at radius 1 is 1.56 bits per heavy atom. The Kier molecular flexibility index (Phi) is 4.20. The zero-order valence-corrected chi connectivity index (χ0v) is 9.31. The number of rotatable bonds is 3. The Labute approximate surface area is 96.6 Å². The van der Waals surface area contributed by atoms with E-state index in [2.05, 4.69) is 5.32 Å². The Bertz CT molecular complexity index is 389. The molecule has 88 valence electrons. The molecule has 1 aromatic rings. The summed E-state index contributed by atoms with van der Waals surface area (Å²) in [7, 11) is 0. The van der Waals surface area contributed by atoms with Gasteiger partial charge in [0, 0.05) is 6.07 Å². The van der Waals surface area contributed by atoms with Gasteiger partial charge in [-0.2, -0.15) is 0 Å². The van der Waals surface area contributed by atoms with Crippen LogP contribution in [0.2, 0.25) is 5.02 Å². The molecule has 0 heterocycles. The largest absolute Gasteiger partial charge is 0.321 e. The Balaban J connectivity index is 2.93. The Hall–Kier alpha value is -1.20. The van der Waals surface area contributed by atoms with Crippen molar-refractivity contribution < 1.29 is 13.6 Å². The number of carbonyl (C=O) groups is 1. The SMILES string of the molecule is CC[C@@H](N)C(=O)Nc1c(F)cc(F)cc1Cl. The molecule has 1 amide bonds. The summed E-state index contributed by atoms with van der Waals surface area (Å²) in [5, 5.41) is 2.02. The first-order chi connectivity index (χ1) is 7.45. The van der Waals surface area contributed by atoms with E-state index in [0.29, 0.717) is 12.5 Å². The normalized spacial score (nSPS) is 12.3. The van der Waals surface area contributed by atoms with Crippen molar-refractivity contribution in [3.05, 3.63) is 28.8 Å². The summed E-state index contributed by atoms with van der Waals surface area (Å²) in [5.41, 5.74) is 5.19. The van der Waals surface area contributed by atoms with E-state index in [1.807, 2.05) is 0 Å². The van der Waals surface area contributed by atoms with E-state index in [1.165, 1.54) is 0 Å². The first-order valence-electron chi connectivity index (χ1n) is 4.66. The van der Waals surface area contributed by atoms with Crippen LogP contribution in [0.15, 0.2) is 12.1 Å². The number of carbonyl (C=O) groups excluding carboxylic acids is 1. The minimum absolute atomic E-state index is 0.200. The second kappa shape index (κ2) is 5.23. The Morgan fingerprint density at radius 3 is 2.69 bits per heavy atom. The van der Waals surface area contributed by atoms with Crippen molar-refractivity contribution in [3.63, 3.8) is 0 Å². The number of nitrogens with one attached hydrogen (secondary N) is 1. The van der Waals surface area contributed by atoms with Crippen LogP contribution < -0.4 is 11.1 Å². The van der Waals surface area contributed by atoms with Gasteiger partial charge >= 0.3 is 0 Å². The lowest BCUT2D eigenvalue weighted by atomic mass is 10.2. The van der Waals surface area contributed by atoms with Crippen molar-refractivity contribution in [1.29, 1.82) is 0 Å². The van der Waals surface area contributed by atoms with Gasteiger partial charge in [0.1, 0.15) is 5.82 Å². The van der Waals surface area contributed by atoms with E-state index in [4.69, 9.17) is 17.3 Å². The van der Waals surface area contributed by atoms with Crippen LogP contribution in [0.25, 0.3) is 0 Å². The molecule has 1 rings (SSSR count). The van der Waals surface area contributed by atoms with E-state index in [-0.39, 0.29) is 10.7 Å². The fraction of sp³-hybridized carbons (Fsp3) is 0.300. The van der Waals surface area contributed by atoms with Gasteiger partial charge in [0.2, 0.25) is 5.91 Å². The third-order valence-corrected chi connectivity index (χ3v) is 2.33. The van der Waals surface area contributed by atoms with E-state index < -0.39 is 23.6 Å². The van der Waals surface area contributed by atoms with Crippen LogP contribution >= 0.6 is 11.6 Å². The molecule has 1 atom stereocenters. The number of amides is 1. The van der Waals surface area contributed by atoms with Crippen LogP contribution in [0.3, 0.4) is 0 Å². The lowest BCUT2D eigenvalue weighted by Crippen LogP contribution is -2.35. The average molecular weight is 249 g/mol. The van der Waals surface area contributed by atoms with Crippen LogP contribution in [0.5, 0.6) is 0 Å². The van der Waals surface area contributed by atoms with Gasteiger partial charge in [-0.25, -0.2) is 8.78 Å². The molecule has 0 aliphatic carbocycles. The summed E-state index contributed by atoms with van der Waals surface area (Å²) in [5.74, 6) is -2.29. The smallest absolute Gasteiger partial charge is 0.241 e. The van der Waals surface area contributed by atoms with Gasteiger partial charge in [0.15, 0.2) is 5.82 Å². The molecule has 0 bridgehead atoms. The molecule has 0 saturated heterocycles. The van der Waals surface area contributed by atoms with Gasteiger partial charge in [0.25, 0.3) is 0 Å². The first kappa shape index (κ1) is 12.9. The molecule has 6 heteroatoms. The predicted octanol–water partition coefficient (Wildman–Crippen LogP) is 2.29. The van der Waals surface area contributed by atoms with Gasteiger partial charge in [-0.15, -0.1) is 0 Å². The lowest BCUT2D eigenvalue weighted by Gasteiger charge is -2.12. The minimum atomic E-state index is -0.929. The maximum Gasteiger partial charge on any atom is 0.241 e. The molecule has 3 N–H and O–H groups in total. The monoisotopic (exact) mass is 248 g/mol. The van der Waals surface area contributed by atoms with Gasteiger partial charge in [-0.1, -0.05) is 18.5 Å². The summed E-state index contributed by atoms with van der Waals surface area (Å²) in [6.07, 6.45) is 0.409. The van der Waals surface area contributed by atoms with Crippen molar-refractivity contribution in [2.24, 2.45) is 5.73 Å². The summed E-state index contributed by atoms with van der Waals surface area (Å²) in [6.45, 7) is 1.72. The molecule has 0 unspecified atom stereocenters. The van der Waals surface area contributed by atoms with Crippen molar-refractivity contribution in [2.45, 2.75) is 19.4 Å². The third-order valence-electron chi connectivity index (χ3n) is 2.03. The fourth-order valence-electron chi connectivity index (χ4n) is 1.06. The van der Waals surface area contributed by atoms with E-state index in [9.17, 15) is 13.6 Å². The van der Waals surface area contributed by atoms with Crippen LogP contribution in [0.1, 0.15) is 13.3 Å². The Morgan fingerprint density at radius 2 is 2.19 bits per heavy atom. The van der Waals surface area contributed by atoms with Crippen molar-refractivity contribution in [3.8, 4) is 0 Å². The second-order valence-electron chi connectivity index (χ2n) is 3.25. The fourth-order valence-corrected chi connectivity index (χ4v) is 1.30. The standard InChI is InChI=1S/C10H11ClF2N2O/c1-2-8(14)10(16)15-9-6(11)3-5(12)4-7(9)13/h3-4,8H,2,14H2,1H3,(H,15,16)/t8-/m1/s1. The summed E-state index contributed by atoms with van der Waals surface area (Å²) in [4.78, 5) is 11.4. The third kappa shape index (κ3) is 2.90. The molecule has 0 fully saturated rings. The molecule has 16 heavy (non-hydrogen) atoms. The molecule has 0 aliphatic heterocycles. The van der Waals surface area contributed by atoms with E-state index in [1.54, 1.807) is 6.92 Å². The number of nitrogens with two attached hydrogens (primary N) is 1. The highest BCUT2D eigenvalue weighted by atomic mass is 35.5. The van der Waals surface area contributed by atoms with Crippen molar-refractivity contribution in [1.82, 2.24) is 0 Å². The molecule has 0 saturated carbocycles. The van der Waals surface area contributed by atoms with Gasteiger partial charge < -0.3 is 11.1 Å². The number of hydrogen-bond acceptors (Lipinski definition) is 2. The molecule has 3 nitrogen and oxygen atoms in total. The van der Waals surface area contributed by atoms with Crippen molar-refractivity contribution in [2.75, 3.05) is 5.32 Å². The summed E-state index contributed by atoms with van der Waals surface area (Å²) < 4.78 is 26.0. The summed E-state index contributed by atoms with van der Waals surface area (Å²) in [6, 6.07) is 0.803. The molecule has 0 aliphatic rings. The molecular formula is C10H11ClF2N2O. The number of halogens is 3. The quantitative estimate of drug-likeness (QED) is 0.862. The molecule has 0 radical (unpaired) electrons. The highest BCUT2D eigenvalue weighted by Gasteiger charge is 2.16. The second-order valence-corrected chi connectivity index (χ2v) is 3.66. The highest BCUT2D eigenvalue weighted by Crippen LogP contribution is 2.26. The van der Waals surface area contributed by atoms with Gasteiger partial charge in [-0.05, 0) is 12.5 Å². The van der Waals surface area contributed by atoms with Crippen molar-refractivity contribution >= 4 is 23.2 Å². The lowest BCUT2D eigenvalue weighted by molar-refractivity contribution is -0.117. The average Bonchev–Trinajstić information content (AvgIpc) is 2.21. The predicted molar refractivity (Wildman–Crippen MR) is 58.3 cm³/mol. The molecule has 1 aromatic carbocycles. The van der Waals surface area contributed by atoms with Crippen LogP contribution in [-0.2, 0) is 4.79 Å². The highest BCUT2D eigenvalue weighted by molar-refractivity contribution is 6.33. The van der Waals surface area contributed by atoms with E-state index >= 15 is 0 Å². The first-order valence-corrected chi connectivity index (χ1v) is 5.04. The molecule has 0 aromatic heterocycles. The zero-order chi connectivity index (χ0) is 12.3. The number of hydrogen-bond donors (Lipinski definition) is 2. The maximum atomic E-state index is 13.3. The number of anilines is 1. The summed E-state index contributed by atoms with van der Waals surface area (Å²) >= 11 is 5.59. The number of benzene rings is 1. The minimum Gasteiger partial charge on any atom is -0.321 e.